The van der Waals surface area contributed by atoms with E-state index < -0.39 is 24.0 Å². The zero-order chi connectivity index (χ0) is 18.2. The molecule has 0 heterocycles. The summed E-state index contributed by atoms with van der Waals surface area (Å²) < 4.78 is 4.73. The Morgan fingerprint density at radius 2 is 1.92 bits per heavy atom. The van der Waals surface area contributed by atoms with Crippen LogP contribution < -0.4 is 5.32 Å². The van der Waals surface area contributed by atoms with Gasteiger partial charge in [-0.2, -0.15) is 5.26 Å². The standard InChI is InChI=1S/C19H18N2O4/c1-25-19(24)16(11-13-6-5-7-14(10-13)12-20)21-18(23)17(22)15-8-3-2-4-9-15/h2-10,16-17,22H,11H2,1H3,(H,21,23)/t16-,17-/m0/s1. The molecule has 2 aromatic rings. The average Bonchev–Trinajstić information content (AvgIpc) is 2.66. The van der Waals surface area contributed by atoms with Crippen LogP contribution in [0.5, 0.6) is 0 Å². The molecule has 0 fully saturated rings. The third-order valence-electron chi connectivity index (χ3n) is 3.66. The fourth-order valence-corrected chi connectivity index (χ4v) is 2.38. The second-order valence-electron chi connectivity index (χ2n) is 5.41. The van der Waals surface area contributed by atoms with Crippen LogP contribution in [-0.2, 0) is 20.7 Å². The van der Waals surface area contributed by atoms with Crippen molar-refractivity contribution in [1.29, 1.82) is 5.26 Å². The van der Waals surface area contributed by atoms with Crippen LogP contribution in [0.15, 0.2) is 54.6 Å². The molecule has 2 rings (SSSR count). The Kier molecular flexibility index (Phi) is 6.26. The fourth-order valence-electron chi connectivity index (χ4n) is 2.38. The molecule has 0 aromatic heterocycles. The zero-order valence-electron chi connectivity index (χ0n) is 13.7. The van der Waals surface area contributed by atoms with Crippen LogP contribution in [0.1, 0.15) is 22.8 Å². The quantitative estimate of drug-likeness (QED) is 0.778. The summed E-state index contributed by atoms with van der Waals surface area (Å²) in [5.41, 5.74) is 1.58. The fraction of sp³-hybridized carbons (Fsp3) is 0.211. The molecule has 2 N–H and O–H groups in total. The molecule has 2 aromatic carbocycles. The van der Waals surface area contributed by atoms with Crippen molar-refractivity contribution < 1.29 is 19.4 Å². The molecule has 0 aliphatic rings. The third-order valence-corrected chi connectivity index (χ3v) is 3.66. The Balaban J connectivity index is 2.13. The minimum absolute atomic E-state index is 0.148. The number of nitriles is 1. The van der Waals surface area contributed by atoms with Gasteiger partial charge in [0.2, 0.25) is 0 Å². The minimum atomic E-state index is -1.39. The topological polar surface area (TPSA) is 99.4 Å². The van der Waals surface area contributed by atoms with Gasteiger partial charge in [-0.15, -0.1) is 0 Å². The van der Waals surface area contributed by atoms with Gasteiger partial charge in [-0.05, 0) is 23.3 Å². The van der Waals surface area contributed by atoms with Crippen LogP contribution >= 0.6 is 0 Å². The number of nitrogens with one attached hydrogen (secondary N) is 1. The van der Waals surface area contributed by atoms with Crippen LogP contribution in [0.2, 0.25) is 0 Å². The van der Waals surface area contributed by atoms with Crippen molar-refractivity contribution in [1.82, 2.24) is 5.32 Å². The number of nitrogens with zero attached hydrogens (tertiary/aromatic N) is 1. The molecule has 6 nitrogen and oxygen atoms in total. The van der Waals surface area contributed by atoms with E-state index in [4.69, 9.17) is 10.00 Å². The van der Waals surface area contributed by atoms with E-state index in [1.54, 1.807) is 54.6 Å². The number of amides is 1. The number of ether oxygens (including phenoxy) is 1. The number of rotatable bonds is 6. The normalized spacial score (nSPS) is 12.5. The van der Waals surface area contributed by atoms with Crippen molar-refractivity contribution in [3.05, 3.63) is 71.3 Å². The van der Waals surface area contributed by atoms with Gasteiger partial charge in [0.15, 0.2) is 6.10 Å². The summed E-state index contributed by atoms with van der Waals surface area (Å²) in [6, 6.07) is 16.2. The molecule has 25 heavy (non-hydrogen) atoms. The predicted molar refractivity (Wildman–Crippen MR) is 90.2 cm³/mol. The third kappa shape index (κ3) is 4.90. The van der Waals surface area contributed by atoms with Crippen molar-refractivity contribution in [3.8, 4) is 6.07 Å². The molecule has 0 unspecified atom stereocenters. The highest BCUT2D eigenvalue weighted by molar-refractivity contribution is 5.87. The smallest absolute Gasteiger partial charge is 0.328 e. The minimum Gasteiger partial charge on any atom is -0.467 e. The molecule has 1 amide bonds. The predicted octanol–water partition coefficient (Wildman–Crippen LogP) is 1.49. The van der Waals surface area contributed by atoms with E-state index in [1.165, 1.54) is 7.11 Å². The first-order valence-corrected chi connectivity index (χ1v) is 7.65. The molecular weight excluding hydrogens is 320 g/mol. The summed E-state index contributed by atoms with van der Waals surface area (Å²) in [6.45, 7) is 0. The maximum absolute atomic E-state index is 12.3. The second-order valence-corrected chi connectivity index (χ2v) is 5.41. The lowest BCUT2D eigenvalue weighted by atomic mass is 10.0. The second kappa shape index (κ2) is 8.62. The van der Waals surface area contributed by atoms with Crippen molar-refractivity contribution in [2.24, 2.45) is 0 Å². The van der Waals surface area contributed by atoms with Crippen LogP contribution in [0.4, 0.5) is 0 Å². The maximum atomic E-state index is 12.3. The molecule has 128 valence electrons. The van der Waals surface area contributed by atoms with Gasteiger partial charge in [0.1, 0.15) is 6.04 Å². The van der Waals surface area contributed by atoms with Gasteiger partial charge in [-0.25, -0.2) is 4.79 Å². The molecule has 6 heteroatoms. The lowest BCUT2D eigenvalue weighted by Gasteiger charge is -2.19. The van der Waals surface area contributed by atoms with Crippen LogP contribution in [0.25, 0.3) is 0 Å². The van der Waals surface area contributed by atoms with Crippen LogP contribution in [-0.4, -0.2) is 30.1 Å². The first-order chi connectivity index (χ1) is 12.0. The van der Waals surface area contributed by atoms with Crippen LogP contribution in [0.3, 0.4) is 0 Å². The van der Waals surface area contributed by atoms with Gasteiger partial charge in [0, 0.05) is 6.42 Å². The summed E-state index contributed by atoms with van der Waals surface area (Å²) in [4.78, 5) is 24.2. The number of benzene rings is 2. The first-order valence-electron chi connectivity index (χ1n) is 7.65. The van der Waals surface area contributed by atoms with Crippen molar-refractivity contribution in [2.45, 2.75) is 18.6 Å². The first kappa shape index (κ1) is 18.2. The van der Waals surface area contributed by atoms with E-state index in [0.29, 0.717) is 16.7 Å². The Labute approximate surface area is 145 Å². The highest BCUT2D eigenvalue weighted by Gasteiger charge is 2.26. The molecule has 0 radical (unpaired) electrons. The molecule has 0 spiro atoms. The Hall–Kier alpha value is -3.17. The molecule has 0 saturated heterocycles. The molecule has 0 saturated carbocycles. The lowest BCUT2D eigenvalue weighted by molar-refractivity contribution is -0.146. The average molecular weight is 338 g/mol. The summed E-state index contributed by atoms with van der Waals surface area (Å²) in [7, 11) is 1.22. The number of aliphatic hydroxyl groups is 1. The number of methoxy groups -OCH3 is 1. The number of carbonyl (C=O) groups excluding carboxylic acids is 2. The lowest BCUT2D eigenvalue weighted by Crippen LogP contribution is -2.45. The van der Waals surface area contributed by atoms with E-state index in [9.17, 15) is 14.7 Å². The maximum Gasteiger partial charge on any atom is 0.328 e. The zero-order valence-corrected chi connectivity index (χ0v) is 13.7. The number of esters is 1. The monoisotopic (exact) mass is 338 g/mol. The van der Waals surface area contributed by atoms with Gasteiger partial charge in [-0.3, -0.25) is 4.79 Å². The number of aliphatic hydroxyl groups excluding tert-OH is 1. The Bertz CT molecular complexity index is 784. The highest BCUT2D eigenvalue weighted by Crippen LogP contribution is 2.14. The molecule has 0 aliphatic heterocycles. The van der Waals surface area contributed by atoms with Gasteiger partial charge in [-0.1, -0.05) is 42.5 Å². The Morgan fingerprint density at radius 1 is 1.20 bits per heavy atom. The summed E-state index contributed by atoms with van der Waals surface area (Å²) in [6.07, 6.45) is -1.24. The van der Waals surface area contributed by atoms with Crippen molar-refractivity contribution >= 4 is 11.9 Å². The van der Waals surface area contributed by atoms with E-state index in [-0.39, 0.29) is 6.42 Å². The van der Waals surface area contributed by atoms with E-state index in [0.717, 1.165) is 0 Å². The molecular formula is C19H18N2O4. The SMILES string of the molecule is COC(=O)[C@H](Cc1cccc(C#N)c1)NC(=O)[C@@H](O)c1ccccc1. The largest absolute Gasteiger partial charge is 0.467 e. The van der Waals surface area contributed by atoms with Gasteiger partial charge >= 0.3 is 5.97 Å². The van der Waals surface area contributed by atoms with Crippen molar-refractivity contribution in [2.75, 3.05) is 7.11 Å². The van der Waals surface area contributed by atoms with Crippen LogP contribution in [0, 0.1) is 11.3 Å². The molecule has 0 aliphatic carbocycles. The summed E-state index contributed by atoms with van der Waals surface area (Å²) >= 11 is 0. The van der Waals surface area contributed by atoms with Gasteiger partial charge in [0.05, 0.1) is 18.7 Å². The summed E-state index contributed by atoms with van der Waals surface area (Å²) in [5.74, 6) is -1.32. The highest BCUT2D eigenvalue weighted by atomic mass is 16.5. The number of carbonyl (C=O) groups is 2. The molecule has 2 atom stereocenters. The number of hydrogen-bond donors (Lipinski definition) is 2. The molecule has 0 bridgehead atoms. The number of hydrogen-bond acceptors (Lipinski definition) is 5. The van der Waals surface area contributed by atoms with E-state index in [2.05, 4.69) is 5.32 Å². The van der Waals surface area contributed by atoms with E-state index >= 15 is 0 Å². The van der Waals surface area contributed by atoms with Gasteiger partial charge in [0.25, 0.3) is 5.91 Å². The Morgan fingerprint density at radius 3 is 2.56 bits per heavy atom. The van der Waals surface area contributed by atoms with Gasteiger partial charge < -0.3 is 15.2 Å². The summed E-state index contributed by atoms with van der Waals surface area (Å²) in [5, 5.41) is 21.6. The van der Waals surface area contributed by atoms with E-state index in [1.807, 2.05) is 6.07 Å². The van der Waals surface area contributed by atoms with Crippen molar-refractivity contribution in [3.63, 3.8) is 0 Å².